The van der Waals surface area contributed by atoms with Gasteiger partial charge in [0.15, 0.2) is 0 Å². The number of thioether (sulfide) groups is 2. The van der Waals surface area contributed by atoms with E-state index < -0.39 is 23.9 Å². The Labute approximate surface area is 210 Å². The van der Waals surface area contributed by atoms with E-state index >= 15 is 0 Å². The van der Waals surface area contributed by atoms with Crippen LogP contribution in [0.4, 0.5) is 0 Å². The van der Waals surface area contributed by atoms with Crippen LogP contribution in [0.15, 0.2) is 24.3 Å². The first kappa shape index (κ1) is 28.0. The summed E-state index contributed by atoms with van der Waals surface area (Å²) in [4.78, 5) is 49.6. The Morgan fingerprint density at radius 3 is 2.29 bits per heavy atom. The van der Waals surface area contributed by atoms with Crippen molar-refractivity contribution in [1.82, 2.24) is 21.3 Å². The molecule has 8 nitrogen and oxygen atoms in total. The molecule has 10 heteroatoms. The van der Waals surface area contributed by atoms with Crippen LogP contribution in [0.5, 0.6) is 0 Å². The lowest BCUT2D eigenvalue weighted by Gasteiger charge is -2.24. The molecule has 0 aliphatic carbocycles. The van der Waals surface area contributed by atoms with E-state index in [2.05, 4.69) is 39.5 Å². The van der Waals surface area contributed by atoms with Crippen LogP contribution in [0, 0.1) is 5.92 Å². The summed E-state index contributed by atoms with van der Waals surface area (Å²) in [5.74, 6) is 1.68. The summed E-state index contributed by atoms with van der Waals surface area (Å²) >= 11 is 3.41. The summed E-state index contributed by atoms with van der Waals surface area (Å²) in [6.07, 6.45) is 1.03. The van der Waals surface area contributed by atoms with E-state index in [1.807, 2.05) is 19.9 Å². The molecule has 4 N–H and O–H groups in total. The monoisotopic (exact) mass is 508 g/mol. The summed E-state index contributed by atoms with van der Waals surface area (Å²) in [5, 5.41) is 10.9. The predicted octanol–water partition coefficient (Wildman–Crippen LogP) is 1.82. The van der Waals surface area contributed by atoms with E-state index in [4.69, 9.17) is 0 Å². The lowest BCUT2D eigenvalue weighted by atomic mass is 9.98. The number of hydrogen-bond donors (Lipinski definition) is 4. The van der Waals surface area contributed by atoms with Gasteiger partial charge in [0.05, 0.1) is 6.54 Å². The first-order valence-electron chi connectivity index (χ1n) is 11.7. The first-order valence-corrected chi connectivity index (χ1v) is 14.0. The van der Waals surface area contributed by atoms with Crippen LogP contribution >= 0.6 is 23.5 Å². The standard InChI is InChI=1S/C24H36N4O4S2/c1-4-16(2)22-24(32)25-9-11-34-15-19-7-5-6-18(12-19)14-33-10-8-20(29)27-17(3)23(31)26-13-21(30)28-22/h5-7,12,16-17,22H,4,8-11,13-15H2,1-3H3,(H,25,32)(H,26,31)(H,27,29)(H,28,30)/t16-,17-,22-/m0/s1. The van der Waals surface area contributed by atoms with Gasteiger partial charge in [0.2, 0.25) is 23.6 Å². The molecular weight excluding hydrogens is 472 g/mol. The van der Waals surface area contributed by atoms with Crippen LogP contribution in [0.2, 0.25) is 0 Å². The van der Waals surface area contributed by atoms with Crippen LogP contribution < -0.4 is 21.3 Å². The molecule has 1 aromatic rings. The number of rotatable bonds is 2. The number of carbonyl (C=O) groups excluding carboxylic acids is 4. The second-order valence-corrected chi connectivity index (χ2v) is 10.6. The van der Waals surface area contributed by atoms with Crippen LogP contribution in [0.1, 0.15) is 44.7 Å². The second-order valence-electron chi connectivity index (χ2n) is 8.40. The number of carbonyl (C=O) groups is 4. The van der Waals surface area contributed by atoms with Gasteiger partial charge in [0.25, 0.3) is 0 Å². The maximum atomic E-state index is 12.7. The fourth-order valence-corrected chi connectivity index (χ4v) is 5.03. The minimum absolute atomic E-state index is 0.0586. The minimum Gasteiger partial charge on any atom is -0.353 e. The maximum Gasteiger partial charge on any atom is 0.242 e. The summed E-state index contributed by atoms with van der Waals surface area (Å²) in [6, 6.07) is 6.95. The van der Waals surface area contributed by atoms with Gasteiger partial charge in [-0.1, -0.05) is 44.5 Å². The molecule has 0 spiro atoms. The molecule has 0 saturated carbocycles. The Morgan fingerprint density at radius 1 is 0.941 bits per heavy atom. The maximum absolute atomic E-state index is 12.7. The minimum atomic E-state index is -0.758. The van der Waals surface area contributed by atoms with Crippen LogP contribution in [-0.4, -0.2) is 60.3 Å². The highest BCUT2D eigenvalue weighted by Crippen LogP contribution is 2.18. The van der Waals surface area contributed by atoms with Gasteiger partial charge in [0, 0.05) is 36.0 Å². The van der Waals surface area contributed by atoms with E-state index in [9.17, 15) is 19.2 Å². The number of amides is 4. The second kappa shape index (κ2) is 14.9. The molecule has 1 aliphatic heterocycles. The molecule has 2 rings (SSSR count). The molecule has 1 heterocycles. The van der Waals surface area contributed by atoms with Crippen molar-refractivity contribution in [2.75, 3.05) is 24.6 Å². The predicted molar refractivity (Wildman–Crippen MR) is 138 cm³/mol. The van der Waals surface area contributed by atoms with Gasteiger partial charge in [0.1, 0.15) is 12.1 Å². The third-order valence-electron chi connectivity index (χ3n) is 5.55. The zero-order valence-electron chi connectivity index (χ0n) is 20.1. The fourth-order valence-electron chi connectivity index (χ4n) is 3.34. The molecule has 1 aromatic carbocycles. The van der Waals surface area contributed by atoms with Gasteiger partial charge >= 0.3 is 0 Å². The van der Waals surface area contributed by atoms with Crippen LogP contribution in [0.3, 0.4) is 0 Å². The largest absolute Gasteiger partial charge is 0.353 e. The van der Waals surface area contributed by atoms with Crippen molar-refractivity contribution in [3.8, 4) is 0 Å². The first-order chi connectivity index (χ1) is 16.3. The zero-order valence-corrected chi connectivity index (χ0v) is 21.8. The van der Waals surface area contributed by atoms with Crippen LogP contribution in [-0.2, 0) is 30.7 Å². The molecule has 34 heavy (non-hydrogen) atoms. The average Bonchev–Trinajstić information content (AvgIpc) is 2.82. The zero-order chi connectivity index (χ0) is 24.9. The highest BCUT2D eigenvalue weighted by atomic mass is 32.2. The van der Waals surface area contributed by atoms with Crippen molar-refractivity contribution in [3.63, 3.8) is 0 Å². The summed E-state index contributed by atoms with van der Waals surface area (Å²) in [5.41, 5.74) is 2.43. The lowest BCUT2D eigenvalue weighted by molar-refractivity contribution is -0.131. The third kappa shape index (κ3) is 9.97. The summed E-state index contributed by atoms with van der Waals surface area (Å²) < 4.78 is 0. The highest BCUT2D eigenvalue weighted by molar-refractivity contribution is 7.98. The van der Waals surface area contributed by atoms with Gasteiger partial charge in [-0.05, 0) is 24.0 Å². The quantitative estimate of drug-likeness (QED) is 0.484. The topological polar surface area (TPSA) is 116 Å². The lowest BCUT2D eigenvalue weighted by Crippen LogP contribution is -2.53. The number of nitrogens with one attached hydrogen (secondary N) is 4. The molecule has 0 unspecified atom stereocenters. The van der Waals surface area contributed by atoms with Gasteiger partial charge in [-0.15, -0.1) is 0 Å². The SMILES string of the molecule is CC[C@H](C)[C@@H]1NC(=O)CNC(=O)[C@H](C)NC(=O)CCSCc2cccc(c2)CSCCNC1=O. The van der Waals surface area contributed by atoms with Crippen molar-refractivity contribution in [1.29, 1.82) is 0 Å². The molecule has 4 amide bonds. The molecule has 0 fully saturated rings. The van der Waals surface area contributed by atoms with Gasteiger partial charge in [-0.3, -0.25) is 19.2 Å². The number of hydrogen-bond acceptors (Lipinski definition) is 6. The highest BCUT2D eigenvalue weighted by Gasteiger charge is 2.26. The van der Waals surface area contributed by atoms with E-state index in [1.54, 1.807) is 30.4 Å². The van der Waals surface area contributed by atoms with Crippen LogP contribution in [0.25, 0.3) is 0 Å². The van der Waals surface area contributed by atoms with E-state index in [0.29, 0.717) is 18.7 Å². The Balaban J connectivity index is 2.05. The van der Waals surface area contributed by atoms with Crippen molar-refractivity contribution in [2.45, 2.75) is 57.2 Å². The van der Waals surface area contributed by atoms with E-state index in [0.717, 1.165) is 23.7 Å². The molecule has 0 radical (unpaired) electrons. The molecule has 1 aliphatic rings. The smallest absolute Gasteiger partial charge is 0.242 e. The van der Waals surface area contributed by atoms with Crippen molar-refractivity contribution < 1.29 is 19.2 Å². The average molecular weight is 509 g/mol. The summed E-state index contributed by atoms with van der Waals surface area (Å²) in [7, 11) is 0. The normalized spacial score (nSPS) is 23.3. The molecule has 3 atom stereocenters. The number of fused-ring (bicyclic) bond motifs is 2. The van der Waals surface area contributed by atoms with Gasteiger partial charge in [-0.2, -0.15) is 23.5 Å². The van der Waals surface area contributed by atoms with Gasteiger partial charge < -0.3 is 21.3 Å². The van der Waals surface area contributed by atoms with E-state index in [-0.39, 0.29) is 24.3 Å². The van der Waals surface area contributed by atoms with Crippen molar-refractivity contribution in [3.05, 3.63) is 35.4 Å². The van der Waals surface area contributed by atoms with Crippen molar-refractivity contribution >= 4 is 47.2 Å². The Bertz CT molecular complexity index is 852. The number of benzene rings is 1. The molecule has 2 bridgehead atoms. The van der Waals surface area contributed by atoms with E-state index in [1.165, 1.54) is 11.1 Å². The summed E-state index contributed by atoms with van der Waals surface area (Å²) in [6.45, 7) is 5.69. The molecular formula is C24H36N4O4S2. The molecule has 0 saturated heterocycles. The Hall–Kier alpha value is -2.20. The fraction of sp³-hybridized carbons (Fsp3) is 0.583. The Morgan fingerprint density at radius 2 is 1.62 bits per heavy atom. The molecule has 0 aromatic heterocycles. The van der Waals surface area contributed by atoms with Gasteiger partial charge in [-0.25, -0.2) is 0 Å². The third-order valence-corrected chi connectivity index (χ3v) is 7.61. The Kier molecular flexibility index (Phi) is 12.3. The van der Waals surface area contributed by atoms with Crippen molar-refractivity contribution in [2.24, 2.45) is 5.92 Å². The molecule has 188 valence electrons.